The number of amides is 1. The Balaban J connectivity index is 1.68. The zero-order valence-corrected chi connectivity index (χ0v) is 13.6. The third-order valence-electron chi connectivity index (χ3n) is 3.13. The predicted molar refractivity (Wildman–Crippen MR) is 90.8 cm³/mol. The van der Waals surface area contributed by atoms with E-state index in [1.54, 1.807) is 18.3 Å². The smallest absolute Gasteiger partial charge is 0.272 e. The molecule has 1 amide bonds. The minimum Gasteiger partial charge on any atom is -0.357 e. The van der Waals surface area contributed by atoms with Gasteiger partial charge in [0.1, 0.15) is 5.69 Å². The normalized spacial score (nSPS) is 10.5. The Morgan fingerprint density at radius 2 is 1.78 bits per heavy atom. The summed E-state index contributed by atoms with van der Waals surface area (Å²) in [6.45, 7) is 3.91. The van der Waals surface area contributed by atoms with Crippen molar-refractivity contribution in [2.24, 2.45) is 0 Å². The lowest BCUT2D eigenvalue weighted by molar-refractivity contribution is 0.102. The molecule has 2 heterocycles. The maximum absolute atomic E-state index is 12.0. The molecule has 0 aliphatic rings. The topological polar surface area (TPSA) is 70.7 Å². The Morgan fingerprint density at radius 3 is 2.39 bits per heavy atom. The molecule has 3 rings (SSSR count). The maximum Gasteiger partial charge on any atom is 0.272 e. The number of carbonyl (C=O) groups is 1. The summed E-state index contributed by atoms with van der Waals surface area (Å²) in [6, 6.07) is 13.1. The van der Waals surface area contributed by atoms with Crippen LogP contribution < -0.4 is 5.32 Å². The third kappa shape index (κ3) is 3.98. The summed E-state index contributed by atoms with van der Waals surface area (Å²) in [7, 11) is 0. The Hall–Kier alpha value is -2.60. The van der Waals surface area contributed by atoms with Gasteiger partial charge in [0, 0.05) is 28.2 Å². The molecule has 0 aliphatic carbocycles. The minimum atomic E-state index is -0.159. The Labute approximate surface area is 138 Å². The van der Waals surface area contributed by atoms with Crippen LogP contribution in [0.15, 0.2) is 58.7 Å². The number of hydrogen-bond acceptors (Lipinski definition) is 4. The molecule has 2 aromatic heterocycles. The number of anilines is 1. The van der Waals surface area contributed by atoms with Crippen LogP contribution in [0.5, 0.6) is 0 Å². The number of nitrogens with zero attached hydrogens (tertiary/aromatic N) is 2. The van der Waals surface area contributed by atoms with E-state index in [1.807, 2.05) is 44.2 Å². The second-order valence-corrected chi connectivity index (χ2v) is 6.14. The standard InChI is InChI=1S/C17H16N4OS/c1-11-10-12(2)20-17(19-11)23-14-7-5-13(6-8-14)21-16(22)15-4-3-9-18-15/h3-10,18H,1-2H3,(H,21,22). The van der Waals surface area contributed by atoms with Gasteiger partial charge in [-0.2, -0.15) is 0 Å². The molecule has 116 valence electrons. The number of aromatic nitrogens is 3. The zero-order chi connectivity index (χ0) is 16.2. The van der Waals surface area contributed by atoms with E-state index in [-0.39, 0.29) is 5.91 Å². The summed E-state index contributed by atoms with van der Waals surface area (Å²) in [4.78, 5) is 24.7. The first-order chi connectivity index (χ1) is 11.1. The SMILES string of the molecule is Cc1cc(C)nc(Sc2ccc(NC(=O)c3ccc[nH]3)cc2)n1. The summed E-state index contributed by atoms with van der Waals surface area (Å²) in [5, 5.41) is 3.57. The zero-order valence-electron chi connectivity index (χ0n) is 12.8. The van der Waals surface area contributed by atoms with Crippen LogP contribution in [0.25, 0.3) is 0 Å². The molecule has 6 heteroatoms. The van der Waals surface area contributed by atoms with E-state index < -0.39 is 0 Å². The van der Waals surface area contributed by atoms with Gasteiger partial charge >= 0.3 is 0 Å². The molecule has 0 aliphatic heterocycles. The number of rotatable bonds is 4. The number of nitrogens with one attached hydrogen (secondary N) is 2. The van der Waals surface area contributed by atoms with Crippen molar-refractivity contribution in [2.75, 3.05) is 5.32 Å². The molecule has 23 heavy (non-hydrogen) atoms. The molecule has 1 aromatic carbocycles. The van der Waals surface area contributed by atoms with Crippen molar-refractivity contribution in [1.29, 1.82) is 0 Å². The van der Waals surface area contributed by atoms with Crippen LogP contribution in [0, 0.1) is 13.8 Å². The first-order valence-corrected chi connectivity index (χ1v) is 7.97. The first kappa shape index (κ1) is 15.3. The average Bonchev–Trinajstić information content (AvgIpc) is 3.02. The number of aromatic amines is 1. The van der Waals surface area contributed by atoms with Crippen molar-refractivity contribution in [3.63, 3.8) is 0 Å². The van der Waals surface area contributed by atoms with E-state index in [9.17, 15) is 4.79 Å². The number of H-pyrrole nitrogens is 1. The fourth-order valence-corrected chi connectivity index (χ4v) is 2.98. The number of hydrogen-bond donors (Lipinski definition) is 2. The lowest BCUT2D eigenvalue weighted by atomic mass is 10.3. The van der Waals surface area contributed by atoms with Crippen LogP contribution in [0.2, 0.25) is 0 Å². The summed E-state index contributed by atoms with van der Waals surface area (Å²) < 4.78 is 0. The highest BCUT2D eigenvalue weighted by Crippen LogP contribution is 2.26. The molecule has 0 saturated heterocycles. The second-order valence-electron chi connectivity index (χ2n) is 5.10. The quantitative estimate of drug-likeness (QED) is 0.716. The summed E-state index contributed by atoms with van der Waals surface area (Å²) >= 11 is 1.50. The molecule has 0 radical (unpaired) electrons. The molecule has 0 bridgehead atoms. The number of benzene rings is 1. The van der Waals surface area contributed by atoms with E-state index in [1.165, 1.54) is 11.8 Å². The summed E-state index contributed by atoms with van der Waals surface area (Å²) in [5.74, 6) is -0.159. The highest BCUT2D eigenvalue weighted by atomic mass is 32.2. The maximum atomic E-state index is 12.0. The first-order valence-electron chi connectivity index (χ1n) is 7.15. The van der Waals surface area contributed by atoms with E-state index in [0.29, 0.717) is 5.69 Å². The highest BCUT2D eigenvalue weighted by molar-refractivity contribution is 7.99. The number of carbonyl (C=O) groups excluding carboxylic acids is 1. The van der Waals surface area contributed by atoms with Crippen molar-refractivity contribution in [3.05, 3.63) is 65.7 Å². The third-order valence-corrected chi connectivity index (χ3v) is 4.00. The minimum absolute atomic E-state index is 0.159. The van der Waals surface area contributed by atoms with Crippen molar-refractivity contribution in [1.82, 2.24) is 15.0 Å². The molecule has 0 atom stereocenters. The molecular weight excluding hydrogens is 308 g/mol. The van der Waals surface area contributed by atoms with Crippen molar-refractivity contribution >= 4 is 23.4 Å². The fraction of sp³-hybridized carbons (Fsp3) is 0.118. The number of aryl methyl sites for hydroxylation is 2. The molecule has 0 fully saturated rings. The fourth-order valence-electron chi connectivity index (χ4n) is 2.12. The lowest BCUT2D eigenvalue weighted by Crippen LogP contribution is -2.11. The predicted octanol–water partition coefficient (Wildman–Crippen LogP) is 3.83. The van der Waals surface area contributed by atoms with Gasteiger partial charge < -0.3 is 10.3 Å². The lowest BCUT2D eigenvalue weighted by Gasteiger charge is -2.06. The Morgan fingerprint density at radius 1 is 1.09 bits per heavy atom. The van der Waals surface area contributed by atoms with E-state index in [0.717, 1.165) is 27.1 Å². The van der Waals surface area contributed by atoms with Gasteiger partial charge in [0.15, 0.2) is 5.16 Å². The van der Waals surface area contributed by atoms with Crippen LogP contribution in [0.4, 0.5) is 5.69 Å². The van der Waals surface area contributed by atoms with Gasteiger partial charge in [0.2, 0.25) is 0 Å². The molecule has 3 aromatic rings. The van der Waals surface area contributed by atoms with Gasteiger partial charge in [0.05, 0.1) is 0 Å². The molecule has 0 saturated carbocycles. The molecular formula is C17H16N4OS. The average molecular weight is 324 g/mol. The van der Waals surface area contributed by atoms with Crippen molar-refractivity contribution in [3.8, 4) is 0 Å². The molecule has 0 spiro atoms. The van der Waals surface area contributed by atoms with Gasteiger partial charge in [0.25, 0.3) is 5.91 Å². The summed E-state index contributed by atoms with van der Waals surface area (Å²) in [6.07, 6.45) is 1.72. The van der Waals surface area contributed by atoms with E-state index in [2.05, 4.69) is 20.3 Å². The van der Waals surface area contributed by atoms with Gasteiger partial charge in [-0.3, -0.25) is 4.79 Å². The summed E-state index contributed by atoms with van der Waals surface area (Å²) in [5.41, 5.74) is 3.19. The van der Waals surface area contributed by atoms with Crippen molar-refractivity contribution in [2.45, 2.75) is 23.9 Å². The van der Waals surface area contributed by atoms with Crippen LogP contribution >= 0.6 is 11.8 Å². The van der Waals surface area contributed by atoms with Crippen LogP contribution in [-0.4, -0.2) is 20.9 Å². The van der Waals surface area contributed by atoms with Crippen molar-refractivity contribution < 1.29 is 4.79 Å². The molecule has 5 nitrogen and oxygen atoms in total. The Kier molecular flexibility index (Phi) is 4.43. The Bertz CT molecular complexity index is 793. The largest absolute Gasteiger partial charge is 0.357 e. The van der Waals surface area contributed by atoms with Gasteiger partial charge in [-0.15, -0.1) is 0 Å². The molecule has 0 unspecified atom stereocenters. The molecule has 2 N–H and O–H groups in total. The van der Waals surface area contributed by atoms with Gasteiger partial charge in [-0.05, 0) is 68.1 Å². The van der Waals surface area contributed by atoms with E-state index >= 15 is 0 Å². The highest BCUT2D eigenvalue weighted by Gasteiger charge is 2.07. The van der Waals surface area contributed by atoms with Crippen LogP contribution in [0.1, 0.15) is 21.9 Å². The van der Waals surface area contributed by atoms with Gasteiger partial charge in [-0.25, -0.2) is 9.97 Å². The van der Waals surface area contributed by atoms with Crippen LogP contribution in [-0.2, 0) is 0 Å². The van der Waals surface area contributed by atoms with Gasteiger partial charge in [-0.1, -0.05) is 0 Å². The second kappa shape index (κ2) is 6.66. The van der Waals surface area contributed by atoms with E-state index in [4.69, 9.17) is 0 Å². The van der Waals surface area contributed by atoms with Crippen LogP contribution in [0.3, 0.4) is 0 Å². The monoisotopic (exact) mass is 324 g/mol.